The molecule has 0 spiro atoms. The highest BCUT2D eigenvalue weighted by Crippen LogP contribution is 2.43. The summed E-state index contributed by atoms with van der Waals surface area (Å²) in [7, 11) is 0. The van der Waals surface area contributed by atoms with Crippen LogP contribution < -0.4 is 5.32 Å². The minimum atomic E-state index is -0.852. The fraction of sp³-hybridized carbons (Fsp3) is 0.429. The molecule has 39 heavy (non-hydrogen) atoms. The van der Waals surface area contributed by atoms with Crippen LogP contribution in [0.2, 0.25) is 0 Å². The molecule has 5 atom stereocenters. The Morgan fingerprint density at radius 1 is 1.08 bits per heavy atom. The van der Waals surface area contributed by atoms with E-state index in [1.165, 1.54) is 13.8 Å². The number of ether oxygens (including phenoxy) is 3. The van der Waals surface area contributed by atoms with Crippen LogP contribution in [0.5, 0.6) is 0 Å². The summed E-state index contributed by atoms with van der Waals surface area (Å²) in [5, 5.41) is 21.5. The lowest BCUT2D eigenvalue weighted by molar-refractivity contribution is -0.268. The van der Waals surface area contributed by atoms with Crippen molar-refractivity contribution >= 4 is 35.0 Å². The van der Waals surface area contributed by atoms with E-state index < -0.39 is 18.4 Å². The van der Waals surface area contributed by atoms with E-state index >= 15 is 0 Å². The zero-order valence-electron chi connectivity index (χ0n) is 22.3. The Labute approximate surface area is 236 Å². The molecule has 9 nitrogen and oxygen atoms in total. The normalized spacial score (nSPS) is 21.8. The molecule has 1 amide bonds. The largest absolute Gasteiger partial charge is 0.453 e. The monoisotopic (exact) mass is 571 g/mol. The maximum Gasteiger partial charge on any atom is 0.303 e. The van der Waals surface area contributed by atoms with Crippen molar-refractivity contribution in [3.8, 4) is 0 Å². The summed E-state index contributed by atoms with van der Waals surface area (Å²) in [6.07, 6.45) is -1.75. The number of carbonyl (C=O) groups excluding carboxylic acids is 2. The number of hydrogen-bond acceptors (Lipinski definition) is 10. The first-order chi connectivity index (χ1) is 18.7. The van der Waals surface area contributed by atoms with E-state index in [1.807, 2.05) is 55.5 Å². The third-order valence-corrected chi connectivity index (χ3v) is 8.49. The van der Waals surface area contributed by atoms with E-state index in [-0.39, 0.29) is 30.6 Å². The van der Waals surface area contributed by atoms with Gasteiger partial charge in [0.2, 0.25) is 0 Å². The molecule has 3 aromatic rings. The third kappa shape index (κ3) is 7.86. The van der Waals surface area contributed by atoms with Crippen LogP contribution in [0.25, 0.3) is 0 Å². The summed E-state index contributed by atoms with van der Waals surface area (Å²) in [4.78, 5) is 23.2. The quantitative estimate of drug-likeness (QED) is 0.268. The lowest BCUT2D eigenvalue weighted by Crippen LogP contribution is -2.38. The predicted molar refractivity (Wildman–Crippen MR) is 148 cm³/mol. The van der Waals surface area contributed by atoms with E-state index in [9.17, 15) is 14.7 Å². The number of amides is 1. The number of aliphatic hydroxyl groups excluding tert-OH is 1. The number of benzene rings is 2. The van der Waals surface area contributed by atoms with E-state index in [1.54, 1.807) is 23.1 Å². The molecule has 2 N–H and O–H groups in total. The summed E-state index contributed by atoms with van der Waals surface area (Å²) in [5.41, 5.74) is 3.62. The molecule has 1 fully saturated rings. The number of esters is 1. The molecule has 0 radical (unpaired) electrons. The van der Waals surface area contributed by atoms with Gasteiger partial charge in [-0.15, -0.1) is 10.2 Å². The molecule has 0 bridgehead atoms. The van der Waals surface area contributed by atoms with E-state index in [2.05, 4.69) is 22.4 Å². The van der Waals surface area contributed by atoms with Crippen LogP contribution in [-0.4, -0.2) is 45.1 Å². The molecule has 11 heteroatoms. The van der Waals surface area contributed by atoms with Crippen LogP contribution in [0.15, 0.2) is 52.9 Å². The van der Waals surface area contributed by atoms with Crippen molar-refractivity contribution in [1.29, 1.82) is 0 Å². The van der Waals surface area contributed by atoms with Crippen molar-refractivity contribution in [2.75, 3.05) is 5.75 Å². The summed E-state index contributed by atoms with van der Waals surface area (Å²) in [6.45, 7) is 7.16. The van der Waals surface area contributed by atoms with Crippen molar-refractivity contribution in [1.82, 2.24) is 15.5 Å². The molecule has 0 aliphatic carbocycles. The average molecular weight is 572 g/mol. The van der Waals surface area contributed by atoms with E-state index in [0.717, 1.165) is 31.6 Å². The Kier molecular flexibility index (Phi) is 10.1. The maximum atomic E-state index is 12.2. The highest BCUT2D eigenvalue weighted by Gasteiger charge is 2.38. The van der Waals surface area contributed by atoms with Crippen molar-refractivity contribution in [2.24, 2.45) is 5.92 Å². The number of aryl methyl sites for hydroxylation is 1. The predicted octanol–water partition coefficient (Wildman–Crippen LogP) is 4.49. The Morgan fingerprint density at radius 2 is 1.74 bits per heavy atom. The molecule has 1 saturated heterocycles. The van der Waals surface area contributed by atoms with Crippen LogP contribution >= 0.6 is 23.1 Å². The first-order valence-electron chi connectivity index (χ1n) is 12.7. The number of carbonyl (C=O) groups is 2. The SMILES string of the molecule is CC(=O)OC(C)C(=O)NCc1ccc(C2OC(CSc3nnc(C)s3)C(C)C(c3ccc(CO)cc3)O2)cc1. The highest BCUT2D eigenvalue weighted by atomic mass is 32.2. The van der Waals surface area contributed by atoms with Crippen molar-refractivity contribution in [2.45, 2.75) is 69.8 Å². The van der Waals surface area contributed by atoms with Crippen LogP contribution in [0.4, 0.5) is 0 Å². The van der Waals surface area contributed by atoms with Gasteiger partial charge in [-0.1, -0.05) is 78.6 Å². The minimum absolute atomic E-state index is 0.0108. The fourth-order valence-corrected chi connectivity index (χ4v) is 6.23. The molecule has 0 saturated carbocycles. The molecule has 2 aromatic carbocycles. The van der Waals surface area contributed by atoms with Gasteiger partial charge in [-0.05, 0) is 30.5 Å². The van der Waals surface area contributed by atoms with Crippen molar-refractivity contribution in [3.05, 3.63) is 75.8 Å². The smallest absolute Gasteiger partial charge is 0.303 e. The van der Waals surface area contributed by atoms with Gasteiger partial charge in [-0.25, -0.2) is 0 Å². The Hall–Kier alpha value is -2.83. The highest BCUT2D eigenvalue weighted by molar-refractivity contribution is 8.01. The van der Waals surface area contributed by atoms with Gasteiger partial charge in [0.25, 0.3) is 5.91 Å². The molecular formula is C28H33N3O6S2. The zero-order chi connectivity index (χ0) is 27.9. The molecule has 4 rings (SSSR count). The summed E-state index contributed by atoms with van der Waals surface area (Å²) < 4.78 is 18.8. The number of hydrogen-bond donors (Lipinski definition) is 2. The van der Waals surface area contributed by atoms with Gasteiger partial charge in [0.05, 0.1) is 18.8 Å². The third-order valence-electron chi connectivity index (χ3n) is 6.43. The fourth-order valence-electron chi connectivity index (χ4n) is 4.23. The number of aromatic nitrogens is 2. The first kappa shape index (κ1) is 29.2. The Morgan fingerprint density at radius 3 is 2.36 bits per heavy atom. The number of nitrogens with zero attached hydrogens (tertiary/aromatic N) is 2. The van der Waals surface area contributed by atoms with E-state index in [4.69, 9.17) is 14.2 Å². The summed E-state index contributed by atoms with van der Waals surface area (Å²) >= 11 is 3.19. The lowest BCUT2D eigenvalue weighted by Gasteiger charge is -2.41. The lowest BCUT2D eigenvalue weighted by atomic mass is 9.91. The second-order valence-corrected chi connectivity index (χ2v) is 11.9. The molecule has 1 aromatic heterocycles. The molecule has 5 unspecified atom stereocenters. The van der Waals surface area contributed by atoms with Gasteiger partial charge >= 0.3 is 5.97 Å². The first-order valence-corrected chi connectivity index (χ1v) is 14.5. The second kappa shape index (κ2) is 13.5. The Balaban J connectivity index is 1.47. The summed E-state index contributed by atoms with van der Waals surface area (Å²) in [5.74, 6) is -0.0906. The average Bonchev–Trinajstić information content (AvgIpc) is 3.36. The minimum Gasteiger partial charge on any atom is -0.453 e. The maximum absolute atomic E-state index is 12.2. The van der Waals surface area contributed by atoms with Crippen LogP contribution in [0.1, 0.15) is 60.4 Å². The number of thioether (sulfide) groups is 1. The number of aliphatic hydroxyl groups is 1. The van der Waals surface area contributed by atoms with Gasteiger partial charge in [0, 0.05) is 30.7 Å². The van der Waals surface area contributed by atoms with E-state index in [0.29, 0.717) is 12.3 Å². The van der Waals surface area contributed by atoms with Gasteiger partial charge < -0.3 is 24.6 Å². The van der Waals surface area contributed by atoms with Crippen LogP contribution in [0.3, 0.4) is 0 Å². The van der Waals surface area contributed by atoms with Gasteiger partial charge in [-0.3, -0.25) is 9.59 Å². The summed E-state index contributed by atoms with van der Waals surface area (Å²) in [6, 6.07) is 15.5. The molecule has 208 valence electrons. The zero-order valence-corrected chi connectivity index (χ0v) is 24.0. The number of rotatable bonds is 10. The van der Waals surface area contributed by atoms with Gasteiger partial charge in [0.1, 0.15) is 5.01 Å². The second-order valence-electron chi connectivity index (χ2n) is 9.43. The standard InChI is InChI=1S/C28H33N3O6S2/c1-16-24(15-38-28-31-30-18(3)39-28)36-27(37-25(16)22-9-7-21(14-32)8-10-22)23-11-5-20(6-12-23)13-29-26(34)17(2)35-19(4)33/h5-12,16-17,24-25,27,32H,13-15H2,1-4H3,(H,29,34). The molecule has 1 aliphatic heterocycles. The topological polar surface area (TPSA) is 120 Å². The molecular weight excluding hydrogens is 538 g/mol. The molecule has 1 aliphatic rings. The van der Waals surface area contributed by atoms with Crippen LogP contribution in [-0.2, 0) is 37.0 Å². The van der Waals surface area contributed by atoms with Crippen molar-refractivity contribution in [3.63, 3.8) is 0 Å². The van der Waals surface area contributed by atoms with Gasteiger partial charge in [-0.2, -0.15) is 0 Å². The Bertz CT molecular complexity index is 1250. The molecule has 2 heterocycles. The van der Waals surface area contributed by atoms with Gasteiger partial charge in [0.15, 0.2) is 16.7 Å². The van der Waals surface area contributed by atoms with Crippen molar-refractivity contribution < 1.29 is 28.9 Å². The van der Waals surface area contributed by atoms with Crippen LogP contribution in [0, 0.1) is 12.8 Å². The number of nitrogens with one attached hydrogen (secondary N) is 1.